The maximum absolute atomic E-state index is 12.6. The molecule has 0 aliphatic carbocycles. The summed E-state index contributed by atoms with van der Waals surface area (Å²) in [4.78, 5) is 21.0. The number of hydrogen-bond acceptors (Lipinski definition) is 8. The van der Waals surface area contributed by atoms with Crippen molar-refractivity contribution in [3.63, 3.8) is 0 Å². The summed E-state index contributed by atoms with van der Waals surface area (Å²) < 4.78 is 27.5. The van der Waals surface area contributed by atoms with E-state index in [0.717, 1.165) is 6.07 Å². The molecule has 0 saturated carbocycles. The summed E-state index contributed by atoms with van der Waals surface area (Å²) in [6.45, 7) is 1.60. The van der Waals surface area contributed by atoms with Gasteiger partial charge >= 0.3 is 0 Å². The van der Waals surface area contributed by atoms with E-state index < -0.39 is 25.6 Å². The molecule has 0 fully saturated rings. The van der Waals surface area contributed by atoms with Crippen molar-refractivity contribution in [1.29, 1.82) is 0 Å². The standard InChI is InChI=1S/C20H17N5O6S/c1-14-7-8-15(11-19(14)24(26)27)13-21-22-18-10-9-17(12-20(18)25(28)29)32(30,31)23-16-5-3-2-4-6-16/h2-13,22-23H,1H3. The Labute approximate surface area is 182 Å². The molecule has 0 saturated heterocycles. The van der Waals surface area contributed by atoms with Gasteiger partial charge in [0.05, 0.1) is 21.0 Å². The van der Waals surface area contributed by atoms with E-state index >= 15 is 0 Å². The Morgan fingerprint density at radius 2 is 1.59 bits per heavy atom. The van der Waals surface area contributed by atoms with Gasteiger partial charge in [-0.3, -0.25) is 30.4 Å². The second-order valence-corrected chi connectivity index (χ2v) is 8.26. The lowest BCUT2D eigenvalue weighted by Crippen LogP contribution is -2.13. The Morgan fingerprint density at radius 3 is 2.25 bits per heavy atom. The molecule has 3 aromatic carbocycles. The number of nitro groups is 2. The van der Waals surface area contributed by atoms with Crippen molar-refractivity contribution in [1.82, 2.24) is 0 Å². The van der Waals surface area contributed by atoms with Crippen LogP contribution in [0.4, 0.5) is 22.7 Å². The molecule has 0 aromatic heterocycles. The van der Waals surface area contributed by atoms with Gasteiger partial charge in [0.25, 0.3) is 21.4 Å². The predicted molar refractivity (Wildman–Crippen MR) is 119 cm³/mol. The first-order valence-corrected chi connectivity index (χ1v) is 10.6. The quantitative estimate of drug-likeness (QED) is 0.294. The molecular weight excluding hydrogens is 438 g/mol. The summed E-state index contributed by atoms with van der Waals surface area (Å²) in [7, 11) is -4.05. The summed E-state index contributed by atoms with van der Waals surface area (Å²) >= 11 is 0. The van der Waals surface area contributed by atoms with Gasteiger partial charge in [-0.15, -0.1) is 0 Å². The first-order valence-electron chi connectivity index (χ1n) is 9.08. The number of sulfonamides is 1. The summed E-state index contributed by atoms with van der Waals surface area (Å²) in [5, 5.41) is 26.4. The van der Waals surface area contributed by atoms with Gasteiger partial charge in [0, 0.05) is 28.9 Å². The molecule has 32 heavy (non-hydrogen) atoms. The lowest BCUT2D eigenvalue weighted by Gasteiger charge is -2.09. The van der Waals surface area contributed by atoms with E-state index in [9.17, 15) is 28.6 Å². The van der Waals surface area contributed by atoms with Crippen molar-refractivity contribution in [2.45, 2.75) is 11.8 Å². The molecular formula is C20H17N5O6S. The average Bonchev–Trinajstić information content (AvgIpc) is 2.75. The zero-order valence-corrected chi connectivity index (χ0v) is 17.4. The first kappa shape index (κ1) is 22.4. The molecule has 11 nitrogen and oxygen atoms in total. The number of aryl methyl sites for hydroxylation is 1. The van der Waals surface area contributed by atoms with E-state index in [1.54, 1.807) is 49.4 Å². The van der Waals surface area contributed by atoms with E-state index in [2.05, 4.69) is 15.2 Å². The molecule has 0 aliphatic heterocycles. The molecule has 0 heterocycles. The molecule has 12 heteroatoms. The third-order valence-corrected chi connectivity index (χ3v) is 5.71. The van der Waals surface area contributed by atoms with E-state index in [1.165, 1.54) is 24.4 Å². The second kappa shape index (κ2) is 9.22. The van der Waals surface area contributed by atoms with Crippen molar-refractivity contribution in [3.05, 3.63) is 98.1 Å². The fourth-order valence-corrected chi connectivity index (χ4v) is 3.80. The molecule has 0 spiro atoms. The third kappa shape index (κ3) is 5.23. The van der Waals surface area contributed by atoms with E-state index in [-0.39, 0.29) is 16.3 Å². The number of hydrazone groups is 1. The van der Waals surface area contributed by atoms with Crippen molar-refractivity contribution in [2.24, 2.45) is 5.10 Å². The smallest absolute Gasteiger partial charge is 0.280 e. The van der Waals surface area contributed by atoms with Gasteiger partial charge in [-0.25, -0.2) is 8.42 Å². The average molecular weight is 455 g/mol. The van der Waals surface area contributed by atoms with Crippen LogP contribution in [0, 0.1) is 27.2 Å². The molecule has 0 atom stereocenters. The highest BCUT2D eigenvalue weighted by Gasteiger charge is 2.21. The number of nitrogens with one attached hydrogen (secondary N) is 2. The molecule has 0 unspecified atom stereocenters. The molecule has 0 aliphatic rings. The van der Waals surface area contributed by atoms with Crippen molar-refractivity contribution < 1.29 is 18.3 Å². The van der Waals surface area contributed by atoms with Crippen LogP contribution in [-0.4, -0.2) is 24.5 Å². The Balaban J connectivity index is 1.84. The summed E-state index contributed by atoms with van der Waals surface area (Å²) in [6.07, 6.45) is 1.26. The molecule has 3 aromatic rings. The number of hydrogen-bond donors (Lipinski definition) is 2. The van der Waals surface area contributed by atoms with Crippen molar-refractivity contribution in [3.8, 4) is 0 Å². The van der Waals surface area contributed by atoms with Gasteiger partial charge in [0.2, 0.25) is 0 Å². The van der Waals surface area contributed by atoms with Crippen LogP contribution in [0.2, 0.25) is 0 Å². The largest absolute Gasteiger partial charge is 0.295 e. The molecule has 0 radical (unpaired) electrons. The Morgan fingerprint density at radius 1 is 0.906 bits per heavy atom. The monoisotopic (exact) mass is 455 g/mol. The zero-order chi connectivity index (χ0) is 23.3. The predicted octanol–water partition coefficient (Wildman–Crippen LogP) is 4.06. The number of rotatable bonds is 8. The highest BCUT2D eigenvalue weighted by atomic mass is 32.2. The van der Waals surface area contributed by atoms with Gasteiger partial charge in [-0.1, -0.05) is 30.3 Å². The fourth-order valence-electron chi connectivity index (χ4n) is 2.72. The number of nitrogens with zero attached hydrogens (tertiary/aromatic N) is 3. The lowest BCUT2D eigenvalue weighted by atomic mass is 10.1. The molecule has 2 N–H and O–H groups in total. The minimum Gasteiger partial charge on any atom is -0.280 e. The highest BCUT2D eigenvalue weighted by Crippen LogP contribution is 2.28. The third-order valence-electron chi connectivity index (χ3n) is 4.33. The van der Waals surface area contributed by atoms with Crippen molar-refractivity contribution >= 4 is 39.0 Å². The summed E-state index contributed by atoms with van der Waals surface area (Å²) in [5.74, 6) is 0. The maximum atomic E-state index is 12.6. The van der Waals surface area contributed by atoms with Crippen LogP contribution in [-0.2, 0) is 10.0 Å². The topological polar surface area (TPSA) is 157 Å². The number of benzene rings is 3. The van der Waals surface area contributed by atoms with Crippen LogP contribution in [0.25, 0.3) is 0 Å². The van der Waals surface area contributed by atoms with Gasteiger partial charge in [-0.05, 0) is 31.2 Å². The van der Waals surface area contributed by atoms with Gasteiger partial charge in [-0.2, -0.15) is 5.10 Å². The maximum Gasteiger partial charge on any atom is 0.295 e. The summed E-state index contributed by atoms with van der Waals surface area (Å²) in [5.41, 5.74) is 3.04. The fraction of sp³-hybridized carbons (Fsp3) is 0.0500. The lowest BCUT2D eigenvalue weighted by molar-refractivity contribution is -0.385. The minimum atomic E-state index is -4.05. The zero-order valence-electron chi connectivity index (χ0n) is 16.6. The van der Waals surface area contributed by atoms with Gasteiger partial charge in [0.15, 0.2) is 0 Å². The van der Waals surface area contributed by atoms with Crippen LogP contribution < -0.4 is 10.1 Å². The van der Waals surface area contributed by atoms with E-state index in [4.69, 9.17) is 0 Å². The van der Waals surface area contributed by atoms with Crippen molar-refractivity contribution in [2.75, 3.05) is 10.1 Å². The van der Waals surface area contributed by atoms with Crippen LogP contribution in [0.3, 0.4) is 0 Å². The molecule has 0 bridgehead atoms. The molecule has 3 rings (SSSR count). The van der Waals surface area contributed by atoms with Gasteiger partial charge < -0.3 is 0 Å². The van der Waals surface area contributed by atoms with Crippen LogP contribution in [0.15, 0.2) is 76.7 Å². The second-order valence-electron chi connectivity index (χ2n) is 6.58. The van der Waals surface area contributed by atoms with Gasteiger partial charge in [0.1, 0.15) is 5.69 Å². The van der Waals surface area contributed by atoms with Crippen LogP contribution in [0.1, 0.15) is 11.1 Å². The Bertz CT molecular complexity index is 1310. The SMILES string of the molecule is Cc1ccc(C=NNc2ccc(S(=O)(=O)Nc3ccccc3)cc2[N+](=O)[O-])cc1[N+](=O)[O-]. The molecule has 0 amide bonds. The number of anilines is 2. The van der Waals surface area contributed by atoms with E-state index in [1.807, 2.05) is 0 Å². The Hall–Kier alpha value is -4.32. The number of nitro benzene ring substituents is 2. The number of para-hydroxylation sites is 1. The minimum absolute atomic E-state index is 0.0495. The summed E-state index contributed by atoms with van der Waals surface area (Å²) in [6, 6.07) is 15.9. The highest BCUT2D eigenvalue weighted by molar-refractivity contribution is 7.92. The Kier molecular flexibility index (Phi) is 6.45. The normalized spacial score (nSPS) is 11.3. The first-order chi connectivity index (χ1) is 15.2. The van der Waals surface area contributed by atoms with E-state index in [0.29, 0.717) is 16.8 Å². The molecule has 164 valence electrons. The van der Waals surface area contributed by atoms with Crippen LogP contribution in [0.5, 0.6) is 0 Å². The van der Waals surface area contributed by atoms with Crippen LogP contribution >= 0.6 is 0 Å².